The molecule has 0 spiro atoms. The van der Waals surface area contributed by atoms with Gasteiger partial charge in [0, 0.05) is 5.56 Å². The largest absolute Gasteiger partial charge is 0.480 e. The molecule has 0 heterocycles. The molecule has 6 heteroatoms. The van der Waals surface area contributed by atoms with Crippen LogP contribution in [0.2, 0.25) is 0 Å². The maximum atomic E-state index is 13.2. The zero-order valence-electron chi connectivity index (χ0n) is 9.94. The van der Waals surface area contributed by atoms with E-state index in [-0.39, 0.29) is 11.3 Å². The molecule has 1 rings (SSSR count). The van der Waals surface area contributed by atoms with Crippen LogP contribution in [0.3, 0.4) is 0 Å². The van der Waals surface area contributed by atoms with Crippen LogP contribution in [-0.4, -0.2) is 23.0 Å². The Morgan fingerprint density at radius 2 is 2.17 bits per heavy atom. The molecule has 5 nitrogen and oxygen atoms in total. The van der Waals surface area contributed by atoms with E-state index in [0.717, 1.165) is 6.07 Å². The smallest absolute Gasteiger partial charge is 0.326 e. The minimum atomic E-state index is -1.11. The summed E-state index contributed by atoms with van der Waals surface area (Å²) >= 11 is 0. The van der Waals surface area contributed by atoms with Crippen molar-refractivity contribution in [2.24, 2.45) is 0 Å². The van der Waals surface area contributed by atoms with Gasteiger partial charge in [-0.1, -0.05) is 13.3 Å². The Morgan fingerprint density at radius 3 is 2.67 bits per heavy atom. The van der Waals surface area contributed by atoms with Gasteiger partial charge in [-0.2, -0.15) is 0 Å². The highest BCUT2D eigenvalue weighted by molar-refractivity contribution is 5.96. The van der Waals surface area contributed by atoms with Crippen LogP contribution >= 0.6 is 0 Å². The van der Waals surface area contributed by atoms with Crippen LogP contribution in [0.1, 0.15) is 30.1 Å². The van der Waals surface area contributed by atoms with Gasteiger partial charge in [0.15, 0.2) is 0 Å². The van der Waals surface area contributed by atoms with Gasteiger partial charge >= 0.3 is 5.97 Å². The summed E-state index contributed by atoms with van der Waals surface area (Å²) in [5.41, 5.74) is 5.27. The van der Waals surface area contributed by atoms with Gasteiger partial charge in [-0.25, -0.2) is 9.18 Å². The number of hydrogen-bond acceptors (Lipinski definition) is 3. The summed E-state index contributed by atoms with van der Waals surface area (Å²) in [5, 5.41) is 11.2. The molecule has 4 N–H and O–H groups in total. The van der Waals surface area contributed by atoms with Crippen molar-refractivity contribution in [2.45, 2.75) is 25.8 Å². The maximum Gasteiger partial charge on any atom is 0.326 e. The van der Waals surface area contributed by atoms with Crippen molar-refractivity contribution in [2.75, 3.05) is 5.73 Å². The fraction of sp³-hybridized carbons (Fsp3) is 0.333. The van der Waals surface area contributed by atoms with Gasteiger partial charge in [0.05, 0.1) is 5.69 Å². The number of amides is 1. The van der Waals surface area contributed by atoms with Crippen LogP contribution in [0.4, 0.5) is 10.1 Å². The molecule has 1 amide bonds. The second-order valence-corrected chi connectivity index (χ2v) is 3.89. The summed E-state index contributed by atoms with van der Waals surface area (Å²) in [6.45, 7) is 1.81. The summed E-state index contributed by atoms with van der Waals surface area (Å²) in [6.07, 6.45) is 0.936. The number of hydrogen-bond donors (Lipinski definition) is 3. The van der Waals surface area contributed by atoms with E-state index < -0.39 is 23.7 Å². The van der Waals surface area contributed by atoms with E-state index in [9.17, 15) is 14.0 Å². The Labute approximate surface area is 104 Å². The van der Waals surface area contributed by atoms with E-state index >= 15 is 0 Å². The van der Waals surface area contributed by atoms with Crippen LogP contribution in [0.15, 0.2) is 18.2 Å². The normalized spacial score (nSPS) is 11.9. The van der Waals surface area contributed by atoms with E-state index in [1.165, 1.54) is 12.1 Å². The Bertz CT molecular complexity index is 463. The number of rotatable bonds is 5. The highest BCUT2D eigenvalue weighted by Gasteiger charge is 2.19. The maximum absolute atomic E-state index is 13.2. The first-order valence-corrected chi connectivity index (χ1v) is 5.54. The van der Waals surface area contributed by atoms with E-state index in [0.29, 0.717) is 12.8 Å². The number of nitrogens with two attached hydrogens (primary N) is 1. The van der Waals surface area contributed by atoms with Gasteiger partial charge in [0.25, 0.3) is 5.91 Å². The second-order valence-electron chi connectivity index (χ2n) is 3.89. The molecule has 0 aliphatic rings. The quantitative estimate of drug-likeness (QED) is 0.692. The lowest BCUT2D eigenvalue weighted by Crippen LogP contribution is -2.40. The predicted molar refractivity (Wildman–Crippen MR) is 64.6 cm³/mol. The Hall–Kier alpha value is -2.11. The number of carboxylic acid groups (broad SMARTS) is 1. The topological polar surface area (TPSA) is 92.4 Å². The highest BCUT2D eigenvalue weighted by Crippen LogP contribution is 2.12. The van der Waals surface area contributed by atoms with Crippen LogP contribution in [-0.2, 0) is 4.79 Å². The SMILES string of the molecule is CCC[C@H](NC(=O)c1ccc(N)c(F)c1)C(=O)O. The van der Waals surface area contributed by atoms with Crippen LogP contribution in [0.25, 0.3) is 0 Å². The minimum absolute atomic E-state index is 0.0454. The zero-order valence-corrected chi connectivity index (χ0v) is 9.94. The molecule has 0 fully saturated rings. The number of benzene rings is 1. The molecule has 0 aliphatic heterocycles. The zero-order chi connectivity index (χ0) is 13.7. The molecule has 0 saturated heterocycles. The van der Waals surface area contributed by atoms with Crippen LogP contribution < -0.4 is 11.1 Å². The summed E-state index contributed by atoms with van der Waals surface area (Å²) in [5.74, 6) is -2.44. The first-order valence-electron chi connectivity index (χ1n) is 5.54. The monoisotopic (exact) mass is 254 g/mol. The van der Waals surface area contributed by atoms with Crippen LogP contribution in [0.5, 0.6) is 0 Å². The Kier molecular flexibility index (Phi) is 4.65. The average Bonchev–Trinajstić information content (AvgIpc) is 2.31. The molecule has 0 aliphatic carbocycles. The molecule has 0 unspecified atom stereocenters. The molecule has 1 aromatic carbocycles. The fourth-order valence-corrected chi connectivity index (χ4v) is 1.46. The van der Waals surface area contributed by atoms with Gasteiger partial charge < -0.3 is 16.2 Å². The number of carbonyl (C=O) groups is 2. The van der Waals surface area contributed by atoms with Crippen molar-refractivity contribution in [3.05, 3.63) is 29.6 Å². The lowest BCUT2D eigenvalue weighted by atomic mass is 10.1. The number of aliphatic carboxylic acids is 1. The van der Waals surface area contributed by atoms with Crippen molar-refractivity contribution >= 4 is 17.6 Å². The van der Waals surface area contributed by atoms with Crippen molar-refractivity contribution in [3.63, 3.8) is 0 Å². The van der Waals surface area contributed by atoms with E-state index in [4.69, 9.17) is 10.8 Å². The van der Waals surface area contributed by atoms with Gasteiger partial charge in [-0.05, 0) is 24.6 Å². The molecule has 0 saturated carbocycles. The number of halogens is 1. The average molecular weight is 254 g/mol. The molecule has 18 heavy (non-hydrogen) atoms. The number of carboxylic acids is 1. The summed E-state index contributed by atoms with van der Waals surface area (Å²) in [6, 6.07) is 2.62. The van der Waals surface area contributed by atoms with Crippen molar-refractivity contribution in [3.8, 4) is 0 Å². The van der Waals surface area contributed by atoms with Crippen molar-refractivity contribution in [1.82, 2.24) is 5.32 Å². The number of anilines is 1. The molecule has 0 aromatic heterocycles. The predicted octanol–water partition coefficient (Wildman–Crippen LogP) is 1.39. The minimum Gasteiger partial charge on any atom is -0.480 e. The van der Waals surface area contributed by atoms with Crippen molar-refractivity contribution in [1.29, 1.82) is 0 Å². The van der Waals surface area contributed by atoms with Gasteiger partial charge in [0.1, 0.15) is 11.9 Å². The first kappa shape index (κ1) is 14.0. The third kappa shape index (κ3) is 3.44. The Balaban J connectivity index is 2.80. The molecule has 0 bridgehead atoms. The van der Waals surface area contributed by atoms with E-state index in [1.54, 1.807) is 0 Å². The summed E-state index contributed by atoms with van der Waals surface area (Å²) in [4.78, 5) is 22.6. The summed E-state index contributed by atoms with van der Waals surface area (Å²) < 4.78 is 13.2. The molecule has 1 aromatic rings. The van der Waals surface area contributed by atoms with Gasteiger partial charge in [-0.15, -0.1) is 0 Å². The van der Waals surface area contributed by atoms with Gasteiger partial charge in [0.2, 0.25) is 0 Å². The van der Waals surface area contributed by atoms with E-state index in [1.807, 2.05) is 6.92 Å². The van der Waals surface area contributed by atoms with Crippen LogP contribution in [0, 0.1) is 5.82 Å². The third-order valence-corrected chi connectivity index (χ3v) is 2.44. The number of carbonyl (C=O) groups excluding carboxylic acids is 1. The molecular weight excluding hydrogens is 239 g/mol. The molecular formula is C12H15FN2O3. The fourth-order valence-electron chi connectivity index (χ4n) is 1.46. The number of nitrogens with one attached hydrogen (secondary N) is 1. The molecule has 0 radical (unpaired) electrons. The third-order valence-electron chi connectivity index (χ3n) is 2.44. The van der Waals surface area contributed by atoms with Crippen molar-refractivity contribution < 1.29 is 19.1 Å². The Morgan fingerprint density at radius 1 is 1.50 bits per heavy atom. The number of nitrogen functional groups attached to an aromatic ring is 1. The standard InChI is InChI=1S/C12H15FN2O3/c1-2-3-10(12(17)18)15-11(16)7-4-5-9(14)8(13)6-7/h4-6,10H,2-3,14H2,1H3,(H,15,16)(H,17,18)/t10-/m0/s1. The summed E-state index contributed by atoms with van der Waals surface area (Å²) in [7, 11) is 0. The van der Waals surface area contributed by atoms with E-state index in [2.05, 4.69) is 5.32 Å². The van der Waals surface area contributed by atoms with Gasteiger partial charge in [-0.3, -0.25) is 4.79 Å². The lowest BCUT2D eigenvalue weighted by Gasteiger charge is -2.13. The highest BCUT2D eigenvalue weighted by atomic mass is 19.1. The first-order chi connectivity index (χ1) is 8.45. The molecule has 1 atom stereocenters. The molecule has 98 valence electrons. The second kappa shape index (κ2) is 6.00. The lowest BCUT2D eigenvalue weighted by molar-refractivity contribution is -0.139.